The molecule has 1 N–H and O–H groups in total. The number of methoxy groups -OCH3 is 1. The molecule has 0 bridgehead atoms. The molecule has 0 saturated heterocycles. The maximum Gasteiger partial charge on any atom is 0.339 e. The van der Waals surface area contributed by atoms with E-state index in [1.54, 1.807) is 24.3 Å². The summed E-state index contributed by atoms with van der Waals surface area (Å²) in [4.78, 5) is 24.7. The lowest BCUT2D eigenvalue weighted by Gasteiger charge is -2.24. The Morgan fingerprint density at radius 2 is 1.61 bits per heavy atom. The Morgan fingerprint density at radius 3 is 2.21 bits per heavy atom. The summed E-state index contributed by atoms with van der Waals surface area (Å²) >= 11 is 11.9. The fourth-order valence-electron chi connectivity index (χ4n) is 2.96. The third kappa shape index (κ3) is 5.84. The molecule has 0 aromatic heterocycles. The first-order chi connectivity index (χ1) is 15.6. The van der Waals surface area contributed by atoms with Crippen LogP contribution in [0.1, 0.15) is 15.9 Å². The SMILES string of the molecule is COC(=O)c1cc(NC(=O)CN(c2ccc(C)cc2)S(=O)(=O)c2ccc(Cl)cc2)ccc1Cl. The Kier molecular flexibility index (Phi) is 7.63. The van der Waals surface area contributed by atoms with Crippen LogP contribution in [0.25, 0.3) is 0 Å². The van der Waals surface area contributed by atoms with Crippen LogP contribution in [0.15, 0.2) is 71.6 Å². The van der Waals surface area contributed by atoms with E-state index in [0.717, 1.165) is 9.87 Å². The van der Waals surface area contributed by atoms with Gasteiger partial charge in [-0.25, -0.2) is 13.2 Å². The van der Waals surface area contributed by atoms with Gasteiger partial charge in [0.25, 0.3) is 10.0 Å². The first-order valence-electron chi connectivity index (χ1n) is 9.64. The number of carbonyl (C=O) groups excluding carboxylic acids is 2. The molecule has 0 aliphatic heterocycles. The molecule has 33 heavy (non-hydrogen) atoms. The highest BCUT2D eigenvalue weighted by Crippen LogP contribution is 2.26. The van der Waals surface area contributed by atoms with Gasteiger partial charge in [-0.05, 0) is 61.5 Å². The number of hydrogen-bond acceptors (Lipinski definition) is 5. The predicted molar refractivity (Wildman–Crippen MR) is 129 cm³/mol. The van der Waals surface area contributed by atoms with Gasteiger partial charge in [-0.15, -0.1) is 0 Å². The van der Waals surface area contributed by atoms with Crippen LogP contribution in [0.3, 0.4) is 0 Å². The van der Waals surface area contributed by atoms with E-state index in [9.17, 15) is 18.0 Å². The molecular weight excluding hydrogens is 487 g/mol. The highest BCUT2D eigenvalue weighted by molar-refractivity contribution is 7.92. The summed E-state index contributed by atoms with van der Waals surface area (Å²) in [6, 6.07) is 16.7. The number of ether oxygens (including phenoxy) is 1. The number of esters is 1. The Bertz CT molecular complexity index is 1280. The molecule has 3 aromatic carbocycles. The highest BCUT2D eigenvalue weighted by atomic mass is 35.5. The van der Waals surface area contributed by atoms with Crippen molar-refractivity contribution in [1.82, 2.24) is 0 Å². The normalized spacial score (nSPS) is 11.0. The lowest BCUT2D eigenvalue weighted by atomic mass is 10.2. The number of rotatable bonds is 7. The number of carbonyl (C=O) groups is 2. The smallest absolute Gasteiger partial charge is 0.339 e. The van der Waals surface area contributed by atoms with Gasteiger partial charge in [0, 0.05) is 10.7 Å². The molecule has 10 heteroatoms. The van der Waals surface area contributed by atoms with Crippen molar-refractivity contribution in [2.45, 2.75) is 11.8 Å². The molecule has 172 valence electrons. The van der Waals surface area contributed by atoms with Crippen LogP contribution >= 0.6 is 23.2 Å². The van der Waals surface area contributed by atoms with Crippen molar-refractivity contribution in [2.75, 3.05) is 23.3 Å². The third-order valence-electron chi connectivity index (χ3n) is 4.67. The minimum Gasteiger partial charge on any atom is -0.465 e. The van der Waals surface area contributed by atoms with Gasteiger partial charge >= 0.3 is 5.97 Å². The monoisotopic (exact) mass is 506 g/mol. The van der Waals surface area contributed by atoms with Crippen molar-refractivity contribution in [3.8, 4) is 0 Å². The standard InChI is InChI=1S/C23H20Cl2N2O5S/c1-15-3-8-18(9-4-15)27(33(30,31)19-10-5-16(24)6-11-19)14-22(28)26-17-7-12-21(25)20(13-17)23(29)32-2/h3-13H,14H2,1-2H3,(H,26,28). The molecule has 0 atom stereocenters. The van der Waals surface area contributed by atoms with Gasteiger partial charge in [0.2, 0.25) is 5.91 Å². The third-order valence-corrected chi connectivity index (χ3v) is 7.04. The molecule has 0 unspecified atom stereocenters. The van der Waals surface area contributed by atoms with Crippen LogP contribution in [0.4, 0.5) is 11.4 Å². The second kappa shape index (κ2) is 10.2. The summed E-state index contributed by atoms with van der Waals surface area (Å²) in [6.45, 7) is 1.36. The van der Waals surface area contributed by atoms with E-state index in [1.807, 2.05) is 6.92 Å². The van der Waals surface area contributed by atoms with E-state index in [4.69, 9.17) is 23.2 Å². The number of nitrogens with zero attached hydrogens (tertiary/aromatic N) is 1. The maximum atomic E-state index is 13.4. The lowest BCUT2D eigenvalue weighted by molar-refractivity contribution is -0.114. The van der Waals surface area contributed by atoms with E-state index in [0.29, 0.717) is 10.7 Å². The quantitative estimate of drug-likeness (QED) is 0.459. The molecule has 0 fully saturated rings. The maximum absolute atomic E-state index is 13.4. The first-order valence-corrected chi connectivity index (χ1v) is 11.8. The van der Waals surface area contributed by atoms with Crippen molar-refractivity contribution in [2.24, 2.45) is 0 Å². The van der Waals surface area contributed by atoms with Crippen LogP contribution in [-0.4, -0.2) is 33.9 Å². The molecule has 0 aliphatic carbocycles. The minimum absolute atomic E-state index is 0.0141. The topological polar surface area (TPSA) is 92.8 Å². The fraction of sp³-hybridized carbons (Fsp3) is 0.130. The van der Waals surface area contributed by atoms with Crippen molar-refractivity contribution in [3.05, 3.63) is 87.9 Å². The Hall–Kier alpha value is -3.07. The highest BCUT2D eigenvalue weighted by Gasteiger charge is 2.27. The van der Waals surface area contributed by atoms with Gasteiger partial charge < -0.3 is 10.1 Å². The second-order valence-corrected chi connectivity index (χ2v) is 9.74. The average molecular weight is 507 g/mol. The molecule has 0 aliphatic rings. The molecule has 0 saturated carbocycles. The summed E-state index contributed by atoms with van der Waals surface area (Å²) in [7, 11) is -2.87. The van der Waals surface area contributed by atoms with Gasteiger partial charge in [0.1, 0.15) is 6.54 Å². The van der Waals surface area contributed by atoms with Gasteiger partial charge in [0.15, 0.2) is 0 Å². The van der Waals surface area contributed by atoms with Crippen molar-refractivity contribution in [1.29, 1.82) is 0 Å². The summed E-state index contributed by atoms with van der Waals surface area (Å²) in [5.41, 5.74) is 1.58. The number of nitrogens with one attached hydrogen (secondary N) is 1. The lowest BCUT2D eigenvalue weighted by Crippen LogP contribution is -2.38. The van der Waals surface area contributed by atoms with Crippen LogP contribution < -0.4 is 9.62 Å². The molecule has 7 nitrogen and oxygen atoms in total. The van der Waals surface area contributed by atoms with Gasteiger partial charge in [-0.2, -0.15) is 0 Å². The Morgan fingerprint density at radius 1 is 0.970 bits per heavy atom. The molecule has 0 heterocycles. The number of benzene rings is 3. The van der Waals surface area contributed by atoms with E-state index in [1.165, 1.54) is 49.6 Å². The first kappa shape index (κ1) is 24.6. The number of halogens is 2. The van der Waals surface area contributed by atoms with E-state index in [-0.39, 0.29) is 21.2 Å². The predicted octanol–water partition coefficient (Wildman–Crippen LogP) is 4.92. The zero-order chi connectivity index (χ0) is 24.2. The van der Waals surface area contributed by atoms with Crippen molar-refractivity contribution >= 4 is 56.5 Å². The second-order valence-electron chi connectivity index (χ2n) is 7.04. The van der Waals surface area contributed by atoms with Crippen LogP contribution in [0, 0.1) is 6.92 Å². The molecule has 3 aromatic rings. The van der Waals surface area contributed by atoms with E-state index < -0.39 is 28.4 Å². The zero-order valence-electron chi connectivity index (χ0n) is 17.7. The molecule has 1 amide bonds. The van der Waals surface area contributed by atoms with Crippen LogP contribution in [0.2, 0.25) is 10.0 Å². The van der Waals surface area contributed by atoms with E-state index in [2.05, 4.69) is 10.1 Å². The number of aryl methyl sites for hydroxylation is 1. The fourth-order valence-corrected chi connectivity index (χ4v) is 4.70. The molecular formula is C23H20Cl2N2O5S. The Balaban J connectivity index is 1.92. The summed E-state index contributed by atoms with van der Waals surface area (Å²) < 4.78 is 32.4. The van der Waals surface area contributed by atoms with Gasteiger partial charge in [-0.1, -0.05) is 40.9 Å². The van der Waals surface area contributed by atoms with Crippen LogP contribution in [0.5, 0.6) is 0 Å². The van der Waals surface area contributed by atoms with Crippen molar-refractivity contribution in [3.63, 3.8) is 0 Å². The number of anilines is 2. The average Bonchev–Trinajstić information content (AvgIpc) is 2.79. The zero-order valence-corrected chi connectivity index (χ0v) is 20.0. The molecule has 0 radical (unpaired) electrons. The van der Waals surface area contributed by atoms with Crippen molar-refractivity contribution < 1.29 is 22.7 Å². The number of hydrogen-bond donors (Lipinski definition) is 1. The molecule has 3 rings (SSSR count). The van der Waals surface area contributed by atoms with Crippen LogP contribution in [-0.2, 0) is 19.6 Å². The number of amides is 1. The summed E-state index contributed by atoms with van der Waals surface area (Å²) in [5, 5.41) is 3.15. The number of sulfonamides is 1. The largest absolute Gasteiger partial charge is 0.465 e. The van der Waals surface area contributed by atoms with Gasteiger partial charge in [0.05, 0.1) is 28.3 Å². The molecule has 0 spiro atoms. The summed E-state index contributed by atoms with van der Waals surface area (Å²) in [5.74, 6) is -1.28. The minimum atomic E-state index is -4.08. The van der Waals surface area contributed by atoms with Gasteiger partial charge in [-0.3, -0.25) is 9.10 Å². The summed E-state index contributed by atoms with van der Waals surface area (Å²) in [6.07, 6.45) is 0. The Labute approximate surface area is 201 Å². The van der Waals surface area contributed by atoms with E-state index >= 15 is 0 Å².